The Morgan fingerprint density at radius 1 is 0.684 bits per heavy atom. The van der Waals surface area contributed by atoms with Crippen LogP contribution in [-0.4, -0.2) is 18.4 Å². The maximum Gasteiger partial charge on any atom is 0.0437 e. The van der Waals surface area contributed by atoms with E-state index in [1.165, 1.54) is 57.8 Å². The predicted octanol–water partition coefficient (Wildman–Crippen LogP) is 6.21. The molecule has 0 saturated heterocycles. The smallest absolute Gasteiger partial charge is 0.0437 e. The molecule has 0 aliphatic heterocycles. The van der Waals surface area contributed by atoms with Crippen molar-refractivity contribution in [1.29, 1.82) is 0 Å². The fraction of sp³-hybridized carbons (Fsp3) is 1.00. The van der Waals surface area contributed by atoms with Crippen LogP contribution in [0.1, 0.15) is 92.4 Å². The molecular formula is C17H39OP. The molecule has 2 heteroatoms. The van der Waals surface area contributed by atoms with Gasteiger partial charge in [0.2, 0.25) is 0 Å². The fourth-order valence-corrected chi connectivity index (χ4v) is 2.78. The first kappa shape index (κ1) is 21.7. The first-order valence-corrected chi connectivity index (χ1v) is 9.04. The Kier molecular flexibility index (Phi) is 18.8. The lowest BCUT2D eigenvalue weighted by molar-refractivity contribution is 0.162. The maximum absolute atomic E-state index is 4.83. The molecule has 0 N–H and O–H groups in total. The van der Waals surface area contributed by atoms with Gasteiger partial charge in [-0.3, -0.25) is 0 Å². The second-order valence-electron chi connectivity index (χ2n) is 5.45. The van der Waals surface area contributed by atoms with E-state index in [9.17, 15) is 0 Å². The molecule has 118 valence electrons. The molecule has 1 unspecified atom stereocenters. The van der Waals surface area contributed by atoms with Crippen LogP contribution in [0.4, 0.5) is 0 Å². The SMILES string of the molecule is CCCCC(P)(CCCC)CCCC.CCOCC. The van der Waals surface area contributed by atoms with Crippen molar-refractivity contribution in [2.75, 3.05) is 13.2 Å². The normalized spacial score (nSPS) is 11.1. The summed E-state index contributed by atoms with van der Waals surface area (Å²) in [5.74, 6) is 0. The van der Waals surface area contributed by atoms with Crippen LogP contribution < -0.4 is 0 Å². The zero-order valence-electron chi connectivity index (χ0n) is 14.3. The number of ether oxygens (including phenoxy) is 1. The van der Waals surface area contributed by atoms with Crippen molar-refractivity contribution in [2.24, 2.45) is 0 Å². The van der Waals surface area contributed by atoms with Crippen molar-refractivity contribution in [3.05, 3.63) is 0 Å². The molecule has 0 bridgehead atoms. The topological polar surface area (TPSA) is 9.23 Å². The maximum atomic E-state index is 4.83. The lowest BCUT2D eigenvalue weighted by atomic mass is 9.90. The molecule has 0 aliphatic rings. The third-order valence-corrected chi connectivity index (χ3v) is 4.36. The minimum atomic E-state index is 0.571. The average molecular weight is 290 g/mol. The molecule has 1 atom stereocenters. The summed E-state index contributed by atoms with van der Waals surface area (Å²) >= 11 is 0. The highest BCUT2D eigenvalue weighted by molar-refractivity contribution is 7.19. The molecule has 0 saturated carbocycles. The lowest BCUT2D eigenvalue weighted by Gasteiger charge is -2.29. The summed E-state index contributed by atoms with van der Waals surface area (Å²) in [7, 11) is 3.17. The van der Waals surface area contributed by atoms with Gasteiger partial charge >= 0.3 is 0 Å². The van der Waals surface area contributed by atoms with Gasteiger partial charge in [-0.1, -0.05) is 59.3 Å². The average Bonchev–Trinajstić information content (AvgIpc) is 2.42. The monoisotopic (exact) mass is 290 g/mol. The summed E-state index contributed by atoms with van der Waals surface area (Å²) < 4.78 is 4.83. The summed E-state index contributed by atoms with van der Waals surface area (Å²) in [5.41, 5.74) is 0. The Labute approximate surface area is 125 Å². The van der Waals surface area contributed by atoms with Gasteiger partial charge < -0.3 is 4.74 Å². The van der Waals surface area contributed by atoms with Gasteiger partial charge in [-0.25, -0.2) is 0 Å². The molecule has 0 aromatic rings. The highest BCUT2D eigenvalue weighted by atomic mass is 31.0. The van der Waals surface area contributed by atoms with Gasteiger partial charge in [0, 0.05) is 13.2 Å². The predicted molar refractivity (Wildman–Crippen MR) is 93.2 cm³/mol. The van der Waals surface area contributed by atoms with Gasteiger partial charge in [-0.05, 0) is 38.3 Å². The molecule has 0 aromatic carbocycles. The Hall–Kier alpha value is 0.390. The van der Waals surface area contributed by atoms with Gasteiger partial charge in [0.05, 0.1) is 0 Å². The molecule has 0 heterocycles. The molecule has 19 heavy (non-hydrogen) atoms. The van der Waals surface area contributed by atoms with Crippen LogP contribution in [-0.2, 0) is 4.74 Å². The van der Waals surface area contributed by atoms with Crippen LogP contribution in [0, 0.1) is 0 Å². The van der Waals surface area contributed by atoms with Crippen LogP contribution in [0.25, 0.3) is 0 Å². The van der Waals surface area contributed by atoms with E-state index in [0.717, 1.165) is 13.2 Å². The lowest BCUT2D eigenvalue weighted by Crippen LogP contribution is -2.20. The van der Waals surface area contributed by atoms with Crippen LogP contribution in [0.15, 0.2) is 0 Å². The van der Waals surface area contributed by atoms with Crippen LogP contribution in [0.2, 0.25) is 0 Å². The van der Waals surface area contributed by atoms with E-state index in [4.69, 9.17) is 4.74 Å². The van der Waals surface area contributed by atoms with E-state index in [-0.39, 0.29) is 0 Å². The molecule has 0 aromatic heterocycles. The number of hydrogen-bond acceptors (Lipinski definition) is 1. The third kappa shape index (κ3) is 16.3. The first-order valence-electron chi connectivity index (χ1n) is 8.46. The van der Waals surface area contributed by atoms with Crippen LogP contribution in [0.5, 0.6) is 0 Å². The van der Waals surface area contributed by atoms with Crippen molar-refractivity contribution < 1.29 is 4.74 Å². The molecule has 0 spiro atoms. The van der Waals surface area contributed by atoms with E-state index in [1.807, 2.05) is 13.8 Å². The van der Waals surface area contributed by atoms with E-state index in [0.29, 0.717) is 5.16 Å². The van der Waals surface area contributed by atoms with E-state index < -0.39 is 0 Å². The number of hydrogen-bond donors (Lipinski definition) is 0. The molecule has 0 aliphatic carbocycles. The number of rotatable bonds is 11. The molecule has 0 rings (SSSR count). The zero-order valence-corrected chi connectivity index (χ0v) is 15.4. The first-order chi connectivity index (χ1) is 9.10. The molecule has 0 fully saturated rings. The second-order valence-corrected chi connectivity index (χ2v) is 6.68. The van der Waals surface area contributed by atoms with Crippen molar-refractivity contribution in [2.45, 2.75) is 97.6 Å². The largest absolute Gasteiger partial charge is 0.382 e. The van der Waals surface area contributed by atoms with Gasteiger partial charge in [0.15, 0.2) is 0 Å². The Bertz CT molecular complexity index is 136. The van der Waals surface area contributed by atoms with Gasteiger partial charge in [0.25, 0.3) is 0 Å². The van der Waals surface area contributed by atoms with Crippen LogP contribution >= 0.6 is 9.24 Å². The molecule has 1 nitrogen and oxygen atoms in total. The Balaban J connectivity index is 0. The second kappa shape index (κ2) is 16.4. The Morgan fingerprint density at radius 3 is 1.16 bits per heavy atom. The fourth-order valence-electron chi connectivity index (χ4n) is 2.17. The molecular weight excluding hydrogens is 251 g/mol. The van der Waals surface area contributed by atoms with E-state index in [1.54, 1.807) is 0 Å². The van der Waals surface area contributed by atoms with Crippen molar-refractivity contribution in [3.63, 3.8) is 0 Å². The standard InChI is InChI=1S/C13H29P.C4H10O/c1-4-7-10-13(14,11-8-5-2)12-9-6-3;1-3-5-4-2/h4-12,14H2,1-3H3;3-4H2,1-2H3. The quantitative estimate of drug-likeness (QED) is 0.411. The minimum absolute atomic E-state index is 0.571. The van der Waals surface area contributed by atoms with Crippen molar-refractivity contribution >= 4 is 9.24 Å². The van der Waals surface area contributed by atoms with Crippen molar-refractivity contribution in [3.8, 4) is 0 Å². The van der Waals surface area contributed by atoms with Gasteiger partial charge in [-0.2, -0.15) is 0 Å². The van der Waals surface area contributed by atoms with E-state index >= 15 is 0 Å². The Morgan fingerprint density at radius 2 is 1.00 bits per heavy atom. The van der Waals surface area contributed by atoms with Gasteiger partial charge in [0.1, 0.15) is 0 Å². The molecule has 0 amide bonds. The highest BCUT2D eigenvalue weighted by Gasteiger charge is 2.22. The molecule has 0 radical (unpaired) electrons. The number of unbranched alkanes of at least 4 members (excludes halogenated alkanes) is 3. The third-order valence-electron chi connectivity index (χ3n) is 3.49. The summed E-state index contributed by atoms with van der Waals surface area (Å²) in [4.78, 5) is 0. The summed E-state index contributed by atoms with van der Waals surface area (Å²) in [6.07, 6.45) is 12.5. The van der Waals surface area contributed by atoms with Crippen LogP contribution in [0.3, 0.4) is 0 Å². The summed E-state index contributed by atoms with van der Waals surface area (Å²) in [6.45, 7) is 12.6. The summed E-state index contributed by atoms with van der Waals surface area (Å²) in [5, 5.41) is 0.571. The summed E-state index contributed by atoms with van der Waals surface area (Å²) in [6, 6.07) is 0. The highest BCUT2D eigenvalue weighted by Crippen LogP contribution is 2.36. The van der Waals surface area contributed by atoms with E-state index in [2.05, 4.69) is 30.0 Å². The zero-order chi connectivity index (χ0) is 15.0. The van der Waals surface area contributed by atoms with Crippen molar-refractivity contribution in [1.82, 2.24) is 0 Å². The van der Waals surface area contributed by atoms with Gasteiger partial charge in [-0.15, -0.1) is 9.24 Å². The minimum Gasteiger partial charge on any atom is -0.382 e.